The molecule has 1 aromatic heterocycles. The SMILES string of the molecule is Cn1c(=O)n(C)c2cc(CNC(=O)c3cccc(F)c3)ccc21. The Bertz CT molecular complexity index is 956. The maximum atomic E-state index is 13.1. The number of rotatable bonds is 3. The molecule has 0 saturated carbocycles. The molecule has 0 atom stereocenters. The highest BCUT2D eigenvalue weighted by molar-refractivity contribution is 5.94. The van der Waals surface area contributed by atoms with Crippen molar-refractivity contribution in [2.24, 2.45) is 14.1 Å². The zero-order valence-electron chi connectivity index (χ0n) is 12.8. The van der Waals surface area contributed by atoms with Gasteiger partial charge in [0, 0.05) is 26.2 Å². The van der Waals surface area contributed by atoms with Gasteiger partial charge < -0.3 is 5.32 Å². The van der Waals surface area contributed by atoms with Gasteiger partial charge in [0.25, 0.3) is 5.91 Å². The number of imidazole rings is 1. The Morgan fingerprint density at radius 2 is 1.83 bits per heavy atom. The molecule has 6 heteroatoms. The molecule has 0 aliphatic rings. The van der Waals surface area contributed by atoms with Gasteiger partial charge in [0.05, 0.1) is 11.0 Å². The van der Waals surface area contributed by atoms with Crippen LogP contribution >= 0.6 is 0 Å². The average molecular weight is 313 g/mol. The molecule has 0 fully saturated rings. The molecule has 0 unspecified atom stereocenters. The summed E-state index contributed by atoms with van der Waals surface area (Å²) in [5.41, 5.74) is 2.68. The quantitative estimate of drug-likeness (QED) is 0.803. The van der Waals surface area contributed by atoms with Crippen molar-refractivity contribution in [3.63, 3.8) is 0 Å². The van der Waals surface area contributed by atoms with Crippen LogP contribution in [0.4, 0.5) is 4.39 Å². The van der Waals surface area contributed by atoms with Crippen molar-refractivity contribution in [1.82, 2.24) is 14.5 Å². The molecule has 0 aliphatic heterocycles. The average Bonchev–Trinajstić information content (AvgIpc) is 2.77. The molecule has 23 heavy (non-hydrogen) atoms. The van der Waals surface area contributed by atoms with E-state index in [4.69, 9.17) is 0 Å². The van der Waals surface area contributed by atoms with Crippen molar-refractivity contribution in [2.45, 2.75) is 6.54 Å². The lowest BCUT2D eigenvalue weighted by Gasteiger charge is -2.06. The Morgan fingerprint density at radius 3 is 2.57 bits per heavy atom. The maximum absolute atomic E-state index is 13.1. The van der Waals surface area contributed by atoms with Crippen LogP contribution in [0, 0.1) is 5.82 Å². The van der Waals surface area contributed by atoms with Gasteiger partial charge in [-0.15, -0.1) is 0 Å². The number of carbonyl (C=O) groups excluding carboxylic acids is 1. The normalized spacial score (nSPS) is 10.9. The van der Waals surface area contributed by atoms with Crippen LogP contribution in [0.15, 0.2) is 47.3 Å². The fourth-order valence-electron chi connectivity index (χ4n) is 2.58. The van der Waals surface area contributed by atoms with E-state index in [-0.39, 0.29) is 17.2 Å². The molecule has 0 aliphatic carbocycles. The first-order chi connectivity index (χ1) is 11.0. The number of fused-ring (bicyclic) bond motifs is 1. The Morgan fingerprint density at radius 1 is 1.09 bits per heavy atom. The van der Waals surface area contributed by atoms with Crippen LogP contribution in [-0.4, -0.2) is 15.0 Å². The third-order valence-corrected chi connectivity index (χ3v) is 3.88. The molecule has 5 nitrogen and oxygen atoms in total. The van der Waals surface area contributed by atoms with E-state index >= 15 is 0 Å². The lowest BCUT2D eigenvalue weighted by Crippen LogP contribution is -2.22. The smallest absolute Gasteiger partial charge is 0.328 e. The van der Waals surface area contributed by atoms with Crippen LogP contribution < -0.4 is 11.0 Å². The number of carbonyl (C=O) groups is 1. The summed E-state index contributed by atoms with van der Waals surface area (Å²) in [6.07, 6.45) is 0. The molecule has 3 aromatic rings. The molecule has 1 heterocycles. The van der Waals surface area contributed by atoms with Crippen LogP contribution in [0.5, 0.6) is 0 Å². The first-order valence-electron chi connectivity index (χ1n) is 7.15. The maximum Gasteiger partial charge on any atom is 0.328 e. The lowest BCUT2D eigenvalue weighted by atomic mass is 10.1. The van der Waals surface area contributed by atoms with Crippen LogP contribution in [0.25, 0.3) is 11.0 Å². The summed E-state index contributed by atoms with van der Waals surface area (Å²) in [6, 6.07) is 11.1. The second-order valence-corrected chi connectivity index (χ2v) is 5.42. The van der Waals surface area contributed by atoms with Crippen molar-refractivity contribution < 1.29 is 9.18 Å². The molecule has 0 bridgehead atoms. The molecule has 1 N–H and O–H groups in total. The van der Waals surface area contributed by atoms with E-state index in [0.717, 1.165) is 16.6 Å². The number of amides is 1. The highest BCUT2D eigenvalue weighted by Crippen LogP contribution is 2.14. The second kappa shape index (κ2) is 5.72. The number of nitrogens with one attached hydrogen (secondary N) is 1. The van der Waals surface area contributed by atoms with Gasteiger partial charge in [-0.05, 0) is 35.9 Å². The summed E-state index contributed by atoms with van der Waals surface area (Å²) < 4.78 is 16.3. The third kappa shape index (κ3) is 2.75. The van der Waals surface area contributed by atoms with Gasteiger partial charge in [-0.25, -0.2) is 9.18 Å². The highest BCUT2D eigenvalue weighted by atomic mass is 19.1. The molecule has 3 rings (SSSR count). The number of halogens is 1. The summed E-state index contributed by atoms with van der Waals surface area (Å²) in [5.74, 6) is -0.787. The van der Waals surface area contributed by atoms with Gasteiger partial charge >= 0.3 is 5.69 Å². The fourth-order valence-corrected chi connectivity index (χ4v) is 2.58. The van der Waals surface area contributed by atoms with Crippen molar-refractivity contribution in [2.75, 3.05) is 0 Å². The van der Waals surface area contributed by atoms with E-state index in [1.807, 2.05) is 18.2 Å². The predicted octanol–water partition coefficient (Wildman–Crippen LogP) is 1.95. The topological polar surface area (TPSA) is 56.0 Å². The molecular formula is C17H16FN3O2. The fraction of sp³-hybridized carbons (Fsp3) is 0.176. The van der Waals surface area contributed by atoms with Gasteiger partial charge in [0.15, 0.2) is 0 Å². The number of aromatic nitrogens is 2. The first kappa shape index (κ1) is 15.0. The van der Waals surface area contributed by atoms with Gasteiger partial charge in [-0.1, -0.05) is 12.1 Å². The number of benzene rings is 2. The molecule has 0 radical (unpaired) electrons. The minimum Gasteiger partial charge on any atom is -0.348 e. The van der Waals surface area contributed by atoms with Gasteiger partial charge in [-0.2, -0.15) is 0 Å². The van der Waals surface area contributed by atoms with Crippen LogP contribution in [0.3, 0.4) is 0 Å². The van der Waals surface area contributed by atoms with E-state index < -0.39 is 5.82 Å². The highest BCUT2D eigenvalue weighted by Gasteiger charge is 2.09. The van der Waals surface area contributed by atoms with E-state index in [1.54, 1.807) is 29.3 Å². The van der Waals surface area contributed by atoms with Crippen molar-refractivity contribution in [3.8, 4) is 0 Å². The number of nitrogens with zero attached hydrogens (tertiary/aromatic N) is 2. The van der Waals surface area contributed by atoms with Crippen LogP contribution in [0.1, 0.15) is 15.9 Å². The van der Waals surface area contributed by atoms with E-state index in [0.29, 0.717) is 6.54 Å². The summed E-state index contributed by atoms with van der Waals surface area (Å²) in [5, 5.41) is 2.75. The number of aryl methyl sites for hydroxylation is 2. The van der Waals surface area contributed by atoms with E-state index in [2.05, 4.69) is 5.32 Å². The van der Waals surface area contributed by atoms with Crippen LogP contribution in [-0.2, 0) is 20.6 Å². The zero-order chi connectivity index (χ0) is 16.6. The van der Waals surface area contributed by atoms with Gasteiger partial charge in [0.1, 0.15) is 5.82 Å². The lowest BCUT2D eigenvalue weighted by molar-refractivity contribution is 0.0950. The van der Waals surface area contributed by atoms with Gasteiger partial charge in [-0.3, -0.25) is 13.9 Å². The molecule has 0 saturated heterocycles. The standard InChI is InChI=1S/C17H16FN3O2/c1-20-14-7-6-11(8-15(14)21(2)17(20)23)10-19-16(22)12-4-3-5-13(18)9-12/h3-9H,10H2,1-2H3,(H,19,22). The van der Waals surface area contributed by atoms with Crippen molar-refractivity contribution >= 4 is 16.9 Å². The predicted molar refractivity (Wildman–Crippen MR) is 85.7 cm³/mol. The number of hydrogen-bond acceptors (Lipinski definition) is 2. The minimum atomic E-state index is -0.446. The monoisotopic (exact) mass is 313 g/mol. The Kier molecular flexibility index (Phi) is 3.73. The van der Waals surface area contributed by atoms with E-state index in [1.165, 1.54) is 18.2 Å². The molecule has 1 amide bonds. The molecule has 2 aromatic carbocycles. The van der Waals surface area contributed by atoms with Gasteiger partial charge in [0.2, 0.25) is 0 Å². The van der Waals surface area contributed by atoms with Crippen molar-refractivity contribution in [1.29, 1.82) is 0 Å². The third-order valence-electron chi connectivity index (χ3n) is 3.88. The Balaban J connectivity index is 1.81. The second-order valence-electron chi connectivity index (χ2n) is 5.42. The summed E-state index contributed by atoms with van der Waals surface area (Å²) >= 11 is 0. The minimum absolute atomic E-state index is 0.0963. The molecule has 118 valence electrons. The summed E-state index contributed by atoms with van der Waals surface area (Å²) in [6.45, 7) is 0.300. The first-order valence-corrected chi connectivity index (χ1v) is 7.15. The van der Waals surface area contributed by atoms with Crippen molar-refractivity contribution in [3.05, 3.63) is 69.9 Å². The Hall–Kier alpha value is -2.89. The zero-order valence-corrected chi connectivity index (χ0v) is 12.8. The van der Waals surface area contributed by atoms with E-state index in [9.17, 15) is 14.0 Å². The number of hydrogen-bond donors (Lipinski definition) is 1. The van der Waals surface area contributed by atoms with Crippen LogP contribution in [0.2, 0.25) is 0 Å². The largest absolute Gasteiger partial charge is 0.348 e. The molecular weight excluding hydrogens is 297 g/mol. The molecule has 0 spiro atoms. The summed E-state index contributed by atoms with van der Waals surface area (Å²) in [4.78, 5) is 23.9. The summed E-state index contributed by atoms with van der Waals surface area (Å²) in [7, 11) is 3.43. The Labute approximate surface area is 132 Å².